The fourth-order valence-corrected chi connectivity index (χ4v) is 7.86. The molecule has 4 heterocycles. The molecule has 0 fully saturated rings. The minimum Gasteiger partial charge on any atom is -0.309 e. The molecule has 11 rings (SSSR count). The molecule has 61 heavy (non-hydrogen) atoms. The molecule has 0 saturated heterocycles. The van der Waals surface area contributed by atoms with Gasteiger partial charge in [-0.1, -0.05) is 146 Å². The van der Waals surface area contributed by atoms with Crippen LogP contribution < -0.4 is 0 Å². The highest BCUT2D eigenvalue weighted by Gasteiger charge is 2.21. The quantitative estimate of drug-likeness (QED) is 0.151. The number of rotatable bonds is 8. The smallest absolute Gasteiger partial charge is 0.164 e. The van der Waals surface area contributed by atoms with Gasteiger partial charge in [0.05, 0.1) is 16.7 Å². The molecule has 0 atom stereocenters. The topological polar surface area (TPSA) is 95.2 Å². The number of para-hydroxylation sites is 1. The molecule has 0 spiro atoms. The SMILES string of the molecule is c1ccc(-c2nc(-c3ccccc3)nc(-c3ccc4c(c3)c3ccccc3n4-c3ccc(-c4ccccn4)c(-c4nc(-c5ccccc5)nc(-c5ccccc5)n4)c3)n2)cc1. The van der Waals surface area contributed by atoms with Crippen molar-refractivity contribution in [2.45, 2.75) is 0 Å². The van der Waals surface area contributed by atoms with Crippen molar-refractivity contribution in [2.24, 2.45) is 0 Å². The number of pyridine rings is 1. The Labute approximate surface area is 351 Å². The summed E-state index contributed by atoms with van der Waals surface area (Å²) < 4.78 is 2.30. The van der Waals surface area contributed by atoms with E-state index >= 15 is 0 Å². The summed E-state index contributed by atoms with van der Waals surface area (Å²) in [5.74, 6) is 3.59. The number of fused-ring (bicyclic) bond motifs is 3. The molecule has 0 N–H and O–H groups in total. The highest BCUT2D eigenvalue weighted by molar-refractivity contribution is 6.10. The van der Waals surface area contributed by atoms with Crippen LogP contribution >= 0.6 is 0 Å². The molecule has 0 aliphatic rings. The van der Waals surface area contributed by atoms with Crippen LogP contribution in [0, 0.1) is 0 Å². The third-order valence-corrected chi connectivity index (χ3v) is 10.8. The molecular formula is C53H34N8. The van der Waals surface area contributed by atoms with E-state index in [0.717, 1.165) is 72.1 Å². The van der Waals surface area contributed by atoms with Crippen molar-refractivity contribution in [2.75, 3.05) is 0 Å². The van der Waals surface area contributed by atoms with Gasteiger partial charge < -0.3 is 4.57 Å². The number of benzene rings is 7. The second-order valence-electron chi connectivity index (χ2n) is 14.6. The zero-order chi connectivity index (χ0) is 40.5. The number of hydrogen-bond donors (Lipinski definition) is 0. The van der Waals surface area contributed by atoms with E-state index in [0.29, 0.717) is 34.9 Å². The normalized spacial score (nSPS) is 11.3. The van der Waals surface area contributed by atoms with Crippen molar-refractivity contribution >= 4 is 21.8 Å². The van der Waals surface area contributed by atoms with Gasteiger partial charge >= 0.3 is 0 Å². The number of nitrogens with zero attached hydrogens (tertiary/aromatic N) is 8. The van der Waals surface area contributed by atoms with E-state index in [4.69, 9.17) is 34.9 Å². The first kappa shape index (κ1) is 35.7. The first-order chi connectivity index (χ1) is 30.2. The first-order valence-electron chi connectivity index (χ1n) is 20.1. The average Bonchev–Trinajstić information content (AvgIpc) is 3.68. The lowest BCUT2D eigenvalue weighted by atomic mass is 10.0. The maximum absolute atomic E-state index is 5.16. The molecule has 8 heteroatoms. The van der Waals surface area contributed by atoms with Crippen LogP contribution in [0.15, 0.2) is 206 Å². The maximum atomic E-state index is 5.16. The molecule has 11 aromatic rings. The Morgan fingerprint density at radius 2 is 0.754 bits per heavy atom. The summed E-state index contributed by atoms with van der Waals surface area (Å²) >= 11 is 0. The third kappa shape index (κ3) is 6.78. The van der Waals surface area contributed by atoms with Gasteiger partial charge in [-0.15, -0.1) is 0 Å². The summed E-state index contributed by atoms with van der Waals surface area (Å²) in [6.07, 6.45) is 1.81. The van der Waals surface area contributed by atoms with Gasteiger partial charge in [-0.25, -0.2) is 29.9 Å². The Morgan fingerprint density at radius 1 is 0.295 bits per heavy atom. The van der Waals surface area contributed by atoms with Gasteiger partial charge in [-0.3, -0.25) is 4.98 Å². The summed E-state index contributed by atoms with van der Waals surface area (Å²) in [7, 11) is 0. The van der Waals surface area contributed by atoms with E-state index in [1.165, 1.54) is 0 Å². The average molecular weight is 783 g/mol. The summed E-state index contributed by atoms with van der Waals surface area (Å²) in [6.45, 7) is 0. The van der Waals surface area contributed by atoms with Crippen molar-refractivity contribution in [3.8, 4) is 85.3 Å². The van der Waals surface area contributed by atoms with Crippen LogP contribution in [0.3, 0.4) is 0 Å². The first-order valence-corrected chi connectivity index (χ1v) is 20.1. The molecule has 0 bridgehead atoms. The molecule has 4 aromatic heterocycles. The van der Waals surface area contributed by atoms with Gasteiger partial charge in [-0.2, -0.15) is 0 Å². The highest BCUT2D eigenvalue weighted by Crippen LogP contribution is 2.38. The van der Waals surface area contributed by atoms with Gasteiger partial charge in [0, 0.05) is 61.6 Å². The van der Waals surface area contributed by atoms with Gasteiger partial charge in [0.2, 0.25) is 0 Å². The van der Waals surface area contributed by atoms with Crippen molar-refractivity contribution in [3.05, 3.63) is 206 Å². The molecule has 286 valence electrons. The van der Waals surface area contributed by atoms with Crippen molar-refractivity contribution in [3.63, 3.8) is 0 Å². The van der Waals surface area contributed by atoms with Gasteiger partial charge in [-0.05, 0) is 54.6 Å². The molecule has 0 amide bonds. The molecule has 0 aliphatic carbocycles. The molecule has 0 aliphatic heterocycles. The molecule has 8 nitrogen and oxygen atoms in total. The van der Waals surface area contributed by atoms with Crippen LogP contribution in [-0.4, -0.2) is 39.5 Å². The predicted molar refractivity (Wildman–Crippen MR) is 243 cm³/mol. The zero-order valence-electron chi connectivity index (χ0n) is 32.7. The maximum Gasteiger partial charge on any atom is 0.164 e. The van der Waals surface area contributed by atoms with Crippen LogP contribution in [0.1, 0.15) is 0 Å². The van der Waals surface area contributed by atoms with Crippen molar-refractivity contribution in [1.29, 1.82) is 0 Å². The van der Waals surface area contributed by atoms with E-state index in [9.17, 15) is 0 Å². The van der Waals surface area contributed by atoms with Crippen LogP contribution in [-0.2, 0) is 0 Å². The van der Waals surface area contributed by atoms with Crippen LogP contribution in [0.25, 0.3) is 107 Å². The summed E-state index contributed by atoms with van der Waals surface area (Å²) in [5, 5.41) is 2.18. The predicted octanol–water partition coefficient (Wildman–Crippen LogP) is 12.2. The molecule has 7 aromatic carbocycles. The highest BCUT2D eigenvalue weighted by atomic mass is 15.0. The Bertz CT molecular complexity index is 3220. The number of aromatic nitrogens is 8. The van der Waals surface area contributed by atoms with Gasteiger partial charge in [0.25, 0.3) is 0 Å². The second kappa shape index (κ2) is 15.4. The lowest BCUT2D eigenvalue weighted by molar-refractivity contribution is 1.07. The van der Waals surface area contributed by atoms with Gasteiger partial charge in [0.15, 0.2) is 34.9 Å². The van der Waals surface area contributed by atoms with E-state index < -0.39 is 0 Å². The lowest BCUT2D eigenvalue weighted by Crippen LogP contribution is -2.03. The van der Waals surface area contributed by atoms with Crippen LogP contribution in [0.2, 0.25) is 0 Å². The zero-order valence-corrected chi connectivity index (χ0v) is 32.7. The van der Waals surface area contributed by atoms with E-state index in [1.807, 2.05) is 146 Å². The van der Waals surface area contributed by atoms with Crippen LogP contribution in [0.5, 0.6) is 0 Å². The van der Waals surface area contributed by atoms with Gasteiger partial charge in [0.1, 0.15) is 0 Å². The minimum absolute atomic E-state index is 0.552. The van der Waals surface area contributed by atoms with E-state index in [-0.39, 0.29) is 0 Å². The van der Waals surface area contributed by atoms with E-state index in [1.54, 1.807) is 0 Å². The summed E-state index contributed by atoms with van der Waals surface area (Å²) in [4.78, 5) is 35.1. The monoisotopic (exact) mass is 782 g/mol. The Balaban J connectivity index is 1.11. The summed E-state index contributed by atoms with van der Waals surface area (Å²) in [5.41, 5.74) is 10.2. The fourth-order valence-electron chi connectivity index (χ4n) is 7.86. The Hall–Kier alpha value is -8.49. The Morgan fingerprint density at radius 3 is 1.28 bits per heavy atom. The Kier molecular flexibility index (Phi) is 8.98. The molecule has 0 radical (unpaired) electrons. The largest absolute Gasteiger partial charge is 0.309 e. The third-order valence-electron chi connectivity index (χ3n) is 10.8. The fraction of sp³-hybridized carbons (Fsp3) is 0. The molecule has 0 saturated carbocycles. The number of hydrogen-bond acceptors (Lipinski definition) is 7. The van der Waals surface area contributed by atoms with Crippen molar-refractivity contribution < 1.29 is 0 Å². The van der Waals surface area contributed by atoms with Crippen molar-refractivity contribution in [1.82, 2.24) is 39.5 Å². The second-order valence-corrected chi connectivity index (χ2v) is 14.6. The summed E-state index contributed by atoms with van der Waals surface area (Å²) in [6, 6.07) is 67.5. The lowest BCUT2D eigenvalue weighted by Gasteiger charge is -2.15. The molecule has 0 unspecified atom stereocenters. The molecular weight excluding hydrogens is 749 g/mol. The van der Waals surface area contributed by atoms with E-state index in [2.05, 4.69) is 65.2 Å². The minimum atomic E-state index is 0.552. The van der Waals surface area contributed by atoms with Crippen LogP contribution in [0.4, 0.5) is 0 Å². The standard InChI is InChI=1S/C53H34N8/c1-5-17-35(18-6-1)48-55-49(36-19-7-2-8-20-36)58-52(57-48)39-28-31-47-43(33-39)42-25-13-14-27-46(42)61(47)40-29-30-41(45-26-15-16-32-54-45)44(34-40)53-59-50(37-21-9-3-10-22-37)56-51(60-53)38-23-11-4-12-24-38/h1-34H.